The van der Waals surface area contributed by atoms with Gasteiger partial charge < -0.3 is 16.0 Å². The molecule has 0 saturated carbocycles. The Morgan fingerprint density at radius 3 is 2.45 bits per heavy atom. The van der Waals surface area contributed by atoms with E-state index in [1.54, 1.807) is 29.4 Å². The molecule has 6 heteroatoms. The third-order valence-electron chi connectivity index (χ3n) is 3.03. The van der Waals surface area contributed by atoms with Gasteiger partial charge in [0.25, 0.3) is 0 Å². The summed E-state index contributed by atoms with van der Waals surface area (Å²) in [4.78, 5) is 29.3. The molecule has 1 atom stereocenters. The number of hydrogen-bond acceptors (Lipinski definition) is 4. The quantitative estimate of drug-likeness (QED) is 0.794. The van der Waals surface area contributed by atoms with Crippen molar-refractivity contribution in [3.05, 3.63) is 24.5 Å². The Morgan fingerprint density at radius 2 is 1.95 bits per heavy atom. The SMILES string of the molecule is CCN(C(=O)CNC(=O)[C@@H](N)C(C)C)c1ccncc1. The van der Waals surface area contributed by atoms with E-state index in [1.807, 2.05) is 20.8 Å². The molecule has 3 N–H and O–H groups in total. The van der Waals surface area contributed by atoms with Crippen molar-refractivity contribution < 1.29 is 9.59 Å². The van der Waals surface area contributed by atoms with Gasteiger partial charge in [0.15, 0.2) is 0 Å². The number of carbonyl (C=O) groups excluding carboxylic acids is 2. The molecule has 0 aliphatic carbocycles. The van der Waals surface area contributed by atoms with Crippen molar-refractivity contribution in [3.63, 3.8) is 0 Å². The first kappa shape index (κ1) is 16.1. The Labute approximate surface area is 119 Å². The lowest BCUT2D eigenvalue weighted by atomic mass is 10.1. The molecule has 2 amide bonds. The van der Waals surface area contributed by atoms with Crippen molar-refractivity contribution in [2.45, 2.75) is 26.8 Å². The molecule has 0 radical (unpaired) electrons. The fourth-order valence-corrected chi connectivity index (χ4v) is 1.71. The van der Waals surface area contributed by atoms with E-state index in [-0.39, 0.29) is 24.3 Å². The molecule has 0 aliphatic rings. The van der Waals surface area contributed by atoms with Crippen LogP contribution in [-0.4, -0.2) is 35.9 Å². The summed E-state index contributed by atoms with van der Waals surface area (Å²) in [5, 5.41) is 2.58. The Hall–Kier alpha value is -1.95. The van der Waals surface area contributed by atoms with Gasteiger partial charge in [0.05, 0.1) is 12.6 Å². The van der Waals surface area contributed by atoms with Crippen molar-refractivity contribution in [2.24, 2.45) is 11.7 Å². The zero-order chi connectivity index (χ0) is 15.1. The first-order chi connectivity index (χ1) is 9.47. The Bertz CT molecular complexity index is 448. The largest absolute Gasteiger partial charge is 0.346 e. The highest BCUT2D eigenvalue weighted by Gasteiger charge is 2.19. The van der Waals surface area contributed by atoms with Crippen molar-refractivity contribution in [3.8, 4) is 0 Å². The second-order valence-electron chi connectivity index (χ2n) is 4.83. The van der Waals surface area contributed by atoms with Crippen LogP contribution in [0.2, 0.25) is 0 Å². The number of pyridine rings is 1. The molecule has 0 aromatic carbocycles. The van der Waals surface area contributed by atoms with E-state index < -0.39 is 6.04 Å². The van der Waals surface area contributed by atoms with Crippen molar-refractivity contribution >= 4 is 17.5 Å². The van der Waals surface area contributed by atoms with Gasteiger partial charge in [-0.05, 0) is 25.0 Å². The predicted octanol–water partition coefficient (Wildman–Crippen LogP) is 0.534. The number of nitrogens with zero attached hydrogens (tertiary/aromatic N) is 2. The third-order valence-corrected chi connectivity index (χ3v) is 3.03. The number of amides is 2. The van der Waals surface area contributed by atoms with Crippen LogP contribution in [0.5, 0.6) is 0 Å². The second-order valence-corrected chi connectivity index (χ2v) is 4.83. The van der Waals surface area contributed by atoms with Gasteiger partial charge in [0, 0.05) is 24.6 Å². The normalized spacial score (nSPS) is 12.1. The van der Waals surface area contributed by atoms with E-state index in [1.165, 1.54) is 0 Å². The maximum Gasteiger partial charge on any atom is 0.246 e. The van der Waals surface area contributed by atoms with Gasteiger partial charge in [0.2, 0.25) is 11.8 Å². The van der Waals surface area contributed by atoms with Crippen molar-refractivity contribution in [1.29, 1.82) is 0 Å². The van der Waals surface area contributed by atoms with Crippen LogP contribution in [0.1, 0.15) is 20.8 Å². The highest BCUT2D eigenvalue weighted by atomic mass is 16.2. The number of rotatable bonds is 6. The average molecular weight is 278 g/mol. The van der Waals surface area contributed by atoms with Crippen LogP contribution in [0, 0.1) is 5.92 Å². The molecule has 1 aromatic heterocycles. The summed E-state index contributed by atoms with van der Waals surface area (Å²) in [7, 11) is 0. The summed E-state index contributed by atoms with van der Waals surface area (Å²) in [6.45, 7) is 6.06. The number of nitrogens with two attached hydrogens (primary N) is 1. The van der Waals surface area contributed by atoms with E-state index in [0.29, 0.717) is 6.54 Å². The fraction of sp³-hybridized carbons (Fsp3) is 0.500. The summed E-state index contributed by atoms with van der Waals surface area (Å²) >= 11 is 0. The molecule has 1 heterocycles. The van der Waals surface area contributed by atoms with E-state index in [0.717, 1.165) is 5.69 Å². The maximum absolute atomic E-state index is 12.1. The molecule has 0 spiro atoms. The minimum absolute atomic E-state index is 0.0348. The molecule has 0 bridgehead atoms. The predicted molar refractivity (Wildman–Crippen MR) is 78.1 cm³/mol. The molecular weight excluding hydrogens is 256 g/mol. The lowest BCUT2D eigenvalue weighted by Crippen LogP contribution is -2.48. The number of carbonyl (C=O) groups is 2. The number of anilines is 1. The number of nitrogens with one attached hydrogen (secondary N) is 1. The van der Waals surface area contributed by atoms with E-state index in [2.05, 4.69) is 10.3 Å². The summed E-state index contributed by atoms with van der Waals surface area (Å²) < 4.78 is 0. The zero-order valence-corrected chi connectivity index (χ0v) is 12.2. The van der Waals surface area contributed by atoms with Crippen LogP contribution in [0.4, 0.5) is 5.69 Å². The molecule has 1 rings (SSSR count). The van der Waals surface area contributed by atoms with E-state index >= 15 is 0 Å². The number of aromatic nitrogens is 1. The van der Waals surface area contributed by atoms with Gasteiger partial charge >= 0.3 is 0 Å². The van der Waals surface area contributed by atoms with Gasteiger partial charge in [-0.15, -0.1) is 0 Å². The smallest absolute Gasteiger partial charge is 0.246 e. The number of likely N-dealkylation sites (N-methyl/N-ethyl adjacent to an activating group) is 1. The number of hydrogen-bond donors (Lipinski definition) is 2. The van der Waals surface area contributed by atoms with E-state index in [4.69, 9.17) is 5.73 Å². The first-order valence-electron chi connectivity index (χ1n) is 6.71. The Balaban J connectivity index is 2.59. The van der Waals surface area contributed by atoms with Crippen LogP contribution < -0.4 is 16.0 Å². The third kappa shape index (κ3) is 4.31. The zero-order valence-electron chi connectivity index (χ0n) is 12.2. The maximum atomic E-state index is 12.1. The molecule has 110 valence electrons. The molecular formula is C14H22N4O2. The minimum Gasteiger partial charge on any atom is -0.346 e. The van der Waals surface area contributed by atoms with E-state index in [9.17, 15) is 9.59 Å². The van der Waals surface area contributed by atoms with Gasteiger partial charge in [-0.1, -0.05) is 13.8 Å². The highest BCUT2D eigenvalue weighted by Crippen LogP contribution is 2.11. The van der Waals surface area contributed by atoms with Crippen molar-refractivity contribution in [2.75, 3.05) is 18.0 Å². The molecule has 0 saturated heterocycles. The molecule has 0 fully saturated rings. The lowest BCUT2D eigenvalue weighted by molar-refractivity contribution is -0.126. The van der Waals surface area contributed by atoms with Gasteiger partial charge in [-0.3, -0.25) is 14.6 Å². The van der Waals surface area contributed by atoms with Crippen LogP contribution in [-0.2, 0) is 9.59 Å². The minimum atomic E-state index is -0.598. The molecule has 0 unspecified atom stereocenters. The molecule has 6 nitrogen and oxygen atoms in total. The van der Waals surface area contributed by atoms with Crippen LogP contribution >= 0.6 is 0 Å². The summed E-state index contributed by atoms with van der Waals surface area (Å²) in [5.41, 5.74) is 6.48. The standard InChI is InChI=1S/C14H22N4O2/c1-4-18(11-5-7-16-8-6-11)12(19)9-17-14(20)13(15)10(2)3/h5-8,10,13H,4,9,15H2,1-3H3,(H,17,20)/t13-/m0/s1. The van der Waals surface area contributed by atoms with Crippen LogP contribution in [0.15, 0.2) is 24.5 Å². The lowest BCUT2D eigenvalue weighted by Gasteiger charge is -2.22. The molecule has 20 heavy (non-hydrogen) atoms. The van der Waals surface area contributed by atoms with Crippen LogP contribution in [0.3, 0.4) is 0 Å². The van der Waals surface area contributed by atoms with Gasteiger partial charge in [-0.25, -0.2) is 0 Å². The topological polar surface area (TPSA) is 88.3 Å². The monoisotopic (exact) mass is 278 g/mol. The Kier molecular flexibility index (Phi) is 6.11. The first-order valence-corrected chi connectivity index (χ1v) is 6.71. The highest BCUT2D eigenvalue weighted by molar-refractivity contribution is 5.97. The second kappa shape index (κ2) is 7.59. The average Bonchev–Trinajstić information content (AvgIpc) is 2.45. The van der Waals surface area contributed by atoms with Gasteiger partial charge in [-0.2, -0.15) is 0 Å². The summed E-state index contributed by atoms with van der Waals surface area (Å²) in [6, 6.07) is 2.91. The summed E-state index contributed by atoms with van der Waals surface area (Å²) in [5.74, 6) is -0.449. The van der Waals surface area contributed by atoms with Crippen molar-refractivity contribution in [1.82, 2.24) is 10.3 Å². The van der Waals surface area contributed by atoms with Crippen LogP contribution in [0.25, 0.3) is 0 Å². The fourth-order valence-electron chi connectivity index (χ4n) is 1.71. The van der Waals surface area contributed by atoms with Gasteiger partial charge in [0.1, 0.15) is 0 Å². The Morgan fingerprint density at radius 1 is 1.35 bits per heavy atom. The summed E-state index contributed by atoms with van der Waals surface area (Å²) in [6.07, 6.45) is 3.25. The molecule has 1 aromatic rings. The molecule has 0 aliphatic heterocycles.